The van der Waals surface area contributed by atoms with Crippen LogP contribution in [0.3, 0.4) is 0 Å². The molecule has 2 N–H and O–H groups in total. The van der Waals surface area contributed by atoms with E-state index >= 15 is 0 Å². The molecule has 4 heteroatoms. The summed E-state index contributed by atoms with van der Waals surface area (Å²) in [5.74, 6) is 0.220. The minimum absolute atomic E-state index is 0.214. The number of carbonyl (C=O) groups excluding carboxylic acids is 1. The number of nitrogens with zero attached hydrogens (tertiary/aromatic N) is 1. The lowest BCUT2D eigenvalue weighted by Crippen LogP contribution is -2.40. The van der Waals surface area contributed by atoms with Gasteiger partial charge in [-0.1, -0.05) is 27.7 Å². The van der Waals surface area contributed by atoms with E-state index < -0.39 is 0 Å². The second-order valence-electron chi connectivity index (χ2n) is 4.26. The third-order valence-corrected chi connectivity index (χ3v) is 2.40. The van der Waals surface area contributed by atoms with Crippen molar-refractivity contribution in [2.75, 3.05) is 0 Å². The quantitative estimate of drug-likeness (QED) is 0.628. The predicted molar refractivity (Wildman–Crippen MR) is 49.0 cm³/mol. The molecule has 0 radical (unpaired) electrons. The monoisotopic (exact) mass is 186 g/mol. The number of nitrogens with one attached hydrogen (secondary N) is 1. The van der Waals surface area contributed by atoms with E-state index in [0.717, 1.165) is 5.06 Å². The summed E-state index contributed by atoms with van der Waals surface area (Å²) >= 11 is 0. The molecule has 0 bridgehead atoms. The van der Waals surface area contributed by atoms with Crippen LogP contribution < -0.4 is 5.32 Å². The van der Waals surface area contributed by atoms with Gasteiger partial charge in [0.05, 0.1) is 6.04 Å². The van der Waals surface area contributed by atoms with E-state index in [9.17, 15) is 10.0 Å². The van der Waals surface area contributed by atoms with Gasteiger partial charge in [-0.25, -0.2) is 5.06 Å². The summed E-state index contributed by atoms with van der Waals surface area (Å²) in [7, 11) is 0. The molecular formula is C9H18N2O2. The summed E-state index contributed by atoms with van der Waals surface area (Å²) in [6.45, 7) is 7.87. The van der Waals surface area contributed by atoms with Crippen LogP contribution in [0, 0.1) is 11.8 Å². The zero-order valence-electron chi connectivity index (χ0n) is 8.61. The Morgan fingerprint density at radius 1 is 1.31 bits per heavy atom. The first-order valence-electron chi connectivity index (χ1n) is 4.73. The average molecular weight is 186 g/mol. The van der Waals surface area contributed by atoms with Crippen LogP contribution in [0.15, 0.2) is 0 Å². The molecule has 0 saturated carbocycles. The molecule has 0 unspecified atom stereocenters. The number of amides is 1. The van der Waals surface area contributed by atoms with Crippen LogP contribution in [-0.4, -0.2) is 28.4 Å². The molecule has 1 aliphatic heterocycles. The first kappa shape index (κ1) is 10.5. The topological polar surface area (TPSA) is 52.6 Å². The van der Waals surface area contributed by atoms with Crippen LogP contribution in [-0.2, 0) is 4.79 Å². The largest absolute Gasteiger partial charge is 0.284 e. The second kappa shape index (κ2) is 3.64. The number of hydrogen-bond acceptors (Lipinski definition) is 3. The highest BCUT2D eigenvalue weighted by Gasteiger charge is 2.40. The molecule has 1 saturated heterocycles. The van der Waals surface area contributed by atoms with Crippen molar-refractivity contribution in [2.24, 2.45) is 11.8 Å². The molecule has 13 heavy (non-hydrogen) atoms. The van der Waals surface area contributed by atoms with Crippen molar-refractivity contribution in [1.29, 1.82) is 0 Å². The van der Waals surface area contributed by atoms with Crippen LogP contribution in [0.5, 0.6) is 0 Å². The standard InChI is InChI=1S/C9H18N2O2/c1-5(2)7-9(12)11(13)8(10-7)6(3)4/h5-8,10,13H,1-4H3/t7-,8+/m0/s1. The van der Waals surface area contributed by atoms with Gasteiger partial charge in [-0.3, -0.25) is 15.3 Å². The molecule has 1 rings (SSSR count). The number of rotatable bonds is 2. The molecule has 0 aliphatic carbocycles. The van der Waals surface area contributed by atoms with Crippen molar-refractivity contribution >= 4 is 5.91 Å². The molecule has 0 spiro atoms. The molecule has 0 aromatic rings. The van der Waals surface area contributed by atoms with Crippen molar-refractivity contribution in [1.82, 2.24) is 10.4 Å². The minimum atomic E-state index is -0.239. The summed E-state index contributed by atoms with van der Waals surface area (Å²) in [6.07, 6.45) is -0.236. The SMILES string of the molecule is CC(C)[C@@H]1N[C@@H](C(C)C)N(O)C1=O. The predicted octanol–water partition coefficient (Wildman–Crippen LogP) is 0.814. The Bertz CT molecular complexity index is 204. The van der Waals surface area contributed by atoms with Gasteiger partial charge in [-0.2, -0.15) is 0 Å². The zero-order valence-corrected chi connectivity index (χ0v) is 8.61. The summed E-state index contributed by atoms with van der Waals surface area (Å²) < 4.78 is 0. The number of hydrogen-bond donors (Lipinski definition) is 2. The molecule has 0 aromatic carbocycles. The smallest absolute Gasteiger partial charge is 0.264 e. The molecule has 1 fully saturated rings. The molecular weight excluding hydrogens is 168 g/mol. The van der Waals surface area contributed by atoms with Crippen molar-refractivity contribution in [3.05, 3.63) is 0 Å². The van der Waals surface area contributed by atoms with E-state index in [4.69, 9.17) is 0 Å². The molecule has 1 heterocycles. The fourth-order valence-corrected chi connectivity index (χ4v) is 1.56. The van der Waals surface area contributed by atoms with Gasteiger partial charge in [0, 0.05) is 0 Å². The van der Waals surface area contributed by atoms with Crippen LogP contribution in [0.2, 0.25) is 0 Å². The van der Waals surface area contributed by atoms with Gasteiger partial charge < -0.3 is 0 Å². The van der Waals surface area contributed by atoms with Crippen LogP contribution in [0.25, 0.3) is 0 Å². The molecule has 2 atom stereocenters. The van der Waals surface area contributed by atoms with E-state index in [1.54, 1.807) is 0 Å². The third kappa shape index (κ3) is 1.84. The van der Waals surface area contributed by atoms with E-state index in [2.05, 4.69) is 5.32 Å². The Hall–Kier alpha value is -0.610. The normalized spacial score (nSPS) is 29.5. The number of carbonyl (C=O) groups is 1. The van der Waals surface area contributed by atoms with Gasteiger partial charge in [-0.05, 0) is 11.8 Å². The Morgan fingerprint density at radius 2 is 1.85 bits per heavy atom. The third-order valence-electron chi connectivity index (χ3n) is 2.40. The van der Waals surface area contributed by atoms with Gasteiger partial charge in [-0.15, -0.1) is 0 Å². The van der Waals surface area contributed by atoms with Crippen molar-refractivity contribution in [2.45, 2.75) is 39.9 Å². The second-order valence-corrected chi connectivity index (χ2v) is 4.26. The Balaban J connectivity index is 2.72. The maximum Gasteiger partial charge on any atom is 0.264 e. The Labute approximate surface area is 78.9 Å². The highest BCUT2D eigenvalue weighted by molar-refractivity contribution is 5.83. The van der Waals surface area contributed by atoms with Crippen LogP contribution in [0.1, 0.15) is 27.7 Å². The summed E-state index contributed by atoms with van der Waals surface area (Å²) in [5, 5.41) is 13.4. The van der Waals surface area contributed by atoms with Gasteiger partial charge in [0.25, 0.3) is 5.91 Å². The highest BCUT2D eigenvalue weighted by Crippen LogP contribution is 2.19. The minimum Gasteiger partial charge on any atom is -0.284 e. The lowest BCUT2D eigenvalue weighted by molar-refractivity contribution is -0.170. The fourth-order valence-electron chi connectivity index (χ4n) is 1.56. The van der Waals surface area contributed by atoms with Crippen LogP contribution in [0.4, 0.5) is 0 Å². The van der Waals surface area contributed by atoms with E-state index in [0.29, 0.717) is 0 Å². The summed E-state index contributed by atoms with van der Waals surface area (Å²) in [5.41, 5.74) is 0. The maximum absolute atomic E-state index is 11.5. The lowest BCUT2D eigenvalue weighted by Gasteiger charge is -2.20. The van der Waals surface area contributed by atoms with E-state index in [-0.39, 0.29) is 30.0 Å². The molecule has 4 nitrogen and oxygen atoms in total. The van der Waals surface area contributed by atoms with E-state index in [1.165, 1.54) is 0 Å². The maximum atomic E-state index is 11.5. The molecule has 1 aliphatic rings. The summed E-state index contributed by atoms with van der Waals surface area (Å²) in [4.78, 5) is 11.5. The highest BCUT2D eigenvalue weighted by atomic mass is 16.5. The Kier molecular flexibility index (Phi) is 2.93. The van der Waals surface area contributed by atoms with Gasteiger partial charge in [0.1, 0.15) is 6.17 Å². The van der Waals surface area contributed by atoms with Gasteiger partial charge >= 0.3 is 0 Å². The first-order chi connectivity index (χ1) is 5.95. The fraction of sp³-hybridized carbons (Fsp3) is 0.889. The number of hydroxylamine groups is 2. The summed E-state index contributed by atoms with van der Waals surface area (Å²) in [6, 6.07) is -0.239. The van der Waals surface area contributed by atoms with E-state index in [1.807, 2.05) is 27.7 Å². The van der Waals surface area contributed by atoms with Crippen LogP contribution >= 0.6 is 0 Å². The van der Waals surface area contributed by atoms with Crippen molar-refractivity contribution in [3.63, 3.8) is 0 Å². The molecule has 76 valence electrons. The molecule has 0 aromatic heterocycles. The lowest BCUT2D eigenvalue weighted by atomic mass is 10.1. The van der Waals surface area contributed by atoms with Gasteiger partial charge in [0.15, 0.2) is 0 Å². The van der Waals surface area contributed by atoms with Gasteiger partial charge in [0.2, 0.25) is 0 Å². The Morgan fingerprint density at radius 3 is 2.08 bits per heavy atom. The van der Waals surface area contributed by atoms with Crippen molar-refractivity contribution < 1.29 is 10.0 Å². The van der Waals surface area contributed by atoms with Crippen molar-refractivity contribution in [3.8, 4) is 0 Å². The average Bonchev–Trinajstić information content (AvgIpc) is 2.29. The zero-order chi connectivity index (χ0) is 10.2. The molecule has 1 amide bonds. The first-order valence-corrected chi connectivity index (χ1v) is 4.73.